The molecule has 2 aliphatic heterocycles. The highest BCUT2D eigenvalue weighted by Crippen LogP contribution is 2.40. The standard InChI is InChI=1S/C11H18O5/c1-6-8(5-13-7(2)12)14-10-9(6)15-11(3,4)16-10/h6,8-10H,5H2,1-4H3/t6-,8+,9?,10-/m0/s1. The summed E-state index contributed by atoms with van der Waals surface area (Å²) in [7, 11) is 0. The second-order valence-corrected chi connectivity index (χ2v) is 4.80. The van der Waals surface area contributed by atoms with Crippen LogP contribution >= 0.6 is 0 Å². The number of hydrogen-bond acceptors (Lipinski definition) is 5. The molecule has 0 N–H and O–H groups in total. The van der Waals surface area contributed by atoms with E-state index in [4.69, 9.17) is 18.9 Å². The van der Waals surface area contributed by atoms with Crippen LogP contribution in [0.4, 0.5) is 0 Å². The van der Waals surface area contributed by atoms with E-state index in [1.54, 1.807) is 0 Å². The Balaban J connectivity index is 1.92. The summed E-state index contributed by atoms with van der Waals surface area (Å²) in [5.74, 6) is -0.725. The van der Waals surface area contributed by atoms with Crippen molar-refractivity contribution in [3.05, 3.63) is 0 Å². The third-order valence-electron chi connectivity index (χ3n) is 2.95. The maximum atomic E-state index is 10.7. The topological polar surface area (TPSA) is 54.0 Å². The van der Waals surface area contributed by atoms with Gasteiger partial charge in [0.2, 0.25) is 0 Å². The molecule has 0 aromatic carbocycles. The Morgan fingerprint density at radius 1 is 1.38 bits per heavy atom. The molecule has 5 heteroatoms. The summed E-state index contributed by atoms with van der Waals surface area (Å²) in [4.78, 5) is 10.7. The van der Waals surface area contributed by atoms with Gasteiger partial charge in [-0.3, -0.25) is 4.79 Å². The highest BCUT2D eigenvalue weighted by Gasteiger charge is 2.52. The van der Waals surface area contributed by atoms with Crippen LogP contribution in [0.25, 0.3) is 0 Å². The van der Waals surface area contributed by atoms with Crippen molar-refractivity contribution in [1.29, 1.82) is 0 Å². The van der Waals surface area contributed by atoms with E-state index in [2.05, 4.69) is 0 Å². The molecule has 2 rings (SSSR count). The lowest BCUT2D eigenvalue weighted by Gasteiger charge is -2.23. The molecule has 4 atom stereocenters. The van der Waals surface area contributed by atoms with E-state index in [9.17, 15) is 4.79 Å². The van der Waals surface area contributed by atoms with Gasteiger partial charge in [0.1, 0.15) is 18.8 Å². The maximum absolute atomic E-state index is 10.7. The van der Waals surface area contributed by atoms with Gasteiger partial charge in [-0.25, -0.2) is 0 Å². The van der Waals surface area contributed by atoms with Gasteiger partial charge in [-0.15, -0.1) is 0 Å². The predicted octanol–water partition coefficient (Wildman–Crippen LogP) is 1.06. The highest BCUT2D eigenvalue weighted by atomic mass is 16.8. The van der Waals surface area contributed by atoms with Crippen LogP contribution in [-0.2, 0) is 23.7 Å². The summed E-state index contributed by atoms with van der Waals surface area (Å²) >= 11 is 0. The molecule has 92 valence electrons. The fourth-order valence-corrected chi connectivity index (χ4v) is 2.12. The van der Waals surface area contributed by atoms with Crippen molar-refractivity contribution in [2.45, 2.75) is 52.0 Å². The molecule has 2 saturated heterocycles. The lowest BCUT2D eigenvalue weighted by atomic mass is 10.0. The van der Waals surface area contributed by atoms with Gasteiger partial charge in [-0.05, 0) is 13.8 Å². The minimum absolute atomic E-state index is 0.0736. The van der Waals surface area contributed by atoms with E-state index in [1.807, 2.05) is 20.8 Å². The average Bonchev–Trinajstić information content (AvgIpc) is 2.58. The fourth-order valence-electron chi connectivity index (χ4n) is 2.12. The Bertz CT molecular complexity index is 288. The summed E-state index contributed by atoms with van der Waals surface area (Å²) in [6.07, 6.45) is -0.559. The normalized spacial score (nSPS) is 40.8. The Morgan fingerprint density at radius 3 is 2.62 bits per heavy atom. The fraction of sp³-hybridized carbons (Fsp3) is 0.909. The number of esters is 1. The number of fused-ring (bicyclic) bond motifs is 1. The second-order valence-electron chi connectivity index (χ2n) is 4.80. The molecule has 0 aliphatic carbocycles. The first-order chi connectivity index (χ1) is 7.39. The summed E-state index contributed by atoms with van der Waals surface area (Å²) in [5, 5.41) is 0. The zero-order chi connectivity index (χ0) is 11.9. The van der Waals surface area contributed by atoms with Crippen molar-refractivity contribution < 1.29 is 23.7 Å². The van der Waals surface area contributed by atoms with Gasteiger partial charge in [0, 0.05) is 12.8 Å². The van der Waals surface area contributed by atoms with Crippen LogP contribution in [0.2, 0.25) is 0 Å². The van der Waals surface area contributed by atoms with Gasteiger partial charge >= 0.3 is 5.97 Å². The van der Waals surface area contributed by atoms with Gasteiger partial charge < -0.3 is 18.9 Å². The molecule has 0 bridgehead atoms. The number of carbonyl (C=O) groups is 1. The van der Waals surface area contributed by atoms with Gasteiger partial charge in [-0.2, -0.15) is 0 Å². The smallest absolute Gasteiger partial charge is 0.302 e. The molecular formula is C11H18O5. The minimum atomic E-state index is -0.587. The number of hydrogen-bond donors (Lipinski definition) is 0. The van der Waals surface area contributed by atoms with Gasteiger partial charge in [0.15, 0.2) is 12.1 Å². The van der Waals surface area contributed by atoms with E-state index in [-0.39, 0.29) is 37.0 Å². The molecule has 2 fully saturated rings. The van der Waals surface area contributed by atoms with Crippen molar-refractivity contribution in [2.75, 3.05) is 6.61 Å². The van der Waals surface area contributed by atoms with Crippen LogP contribution in [0.3, 0.4) is 0 Å². The summed E-state index contributed by atoms with van der Waals surface area (Å²) < 4.78 is 21.9. The Kier molecular flexibility index (Phi) is 2.94. The number of ether oxygens (including phenoxy) is 4. The molecule has 2 heterocycles. The molecule has 0 aromatic heterocycles. The third-order valence-corrected chi connectivity index (χ3v) is 2.95. The van der Waals surface area contributed by atoms with Gasteiger partial charge in [0.05, 0.1) is 0 Å². The first-order valence-electron chi connectivity index (χ1n) is 5.53. The predicted molar refractivity (Wildman–Crippen MR) is 54.5 cm³/mol. The highest BCUT2D eigenvalue weighted by molar-refractivity contribution is 5.65. The Labute approximate surface area is 95.0 Å². The van der Waals surface area contributed by atoms with E-state index < -0.39 is 5.79 Å². The van der Waals surface area contributed by atoms with Crippen LogP contribution < -0.4 is 0 Å². The van der Waals surface area contributed by atoms with E-state index in [0.717, 1.165) is 0 Å². The van der Waals surface area contributed by atoms with Gasteiger partial charge in [-0.1, -0.05) is 6.92 Å². The Morgan fingerprint density at radius 2 is 2.06 bits per heavy atom. The van der Waals surface area contributed by atoms with Crippen LogP contribution in [0.5, 0.6) is 0 Å². The summed E-state index contributed by atoms with van der Waals surface area (Å²) in [5.41, 5.74) is 0. The molecule has 5 nitrogen and oxygen atoms in total. The monoisotopic (exact) mass is 230 g/mol. The SMILES string of the molecule is CC(=O)OC[C@H]1O[C@H]2OC(C)(C)OC2[C@H]1C. The quantitative estimate of drug-likeness (QED) is 0.664. The van der Waals surface area contributed by atoms with E-state index >= 15 is 0 Å². The third kappa shape index (κ3) is 2.21. The molecule has 0 radical (unpaired) electrons. The van der Waals surface area contributed by atoms with Crippen molar-refractivity contribution in [3.63, 3.8) is 0 Å². The van der Waals surface area contributed by atoms with Crippen molar-refractivity contribution >= 4 is 5.97 Å². The molecule has 0 amide bonds. The molecule has 2 aliphatic rings. The van der Waals surface area contributed by atoms with E-state index in [0.29, 0.717) is 0 Å². The molecule has 16 heavy (non-hydrogen) atoms. The lowest BCUT2D eigenvalue weighted by molar-refractivity contribution is -0.214. The Hall–Kier alpha value is -0.650. The molecule has 0 spiro atoms. The van der Waals surface area contributed by atoms with Gasteiger partial charge in [0.25, 0.3) is 0 Å². The molecular weight excluding hydrogens is 212 g/mol. The van der Waals surface area contributed by atoms with Crippen molar-refractivity contribution in [2.24, 2.45) is 5.92 Å². The maximum Gasteiger partial charge on any atom is 0.302 e. The average molecular weight is 230 g/mol. The first kappa shape index (κ1) is 11.8. The van der Waals surface area contributed by atoms with E-state index in [1.165, 1.54) is 6.92 Å². The number of carbonyl (C=O) groups excluding carboxylic acids is 1. The first-order valence-corrected chi connectivity index (χ1v) is 5.53. The summed E-state index contributed by atoms with van der Waals surface area (Å²) in [6, 6.07) is 0. The van der Waals surface area contributed by atoms with Crippen LogP contribution in [0.15, 0.2) is 0 Å². The van der Waals surface area contributed by atoms with Crippen molar-refractivity contribution in [1.82, 2.24) is 0 Å². The molecule has 0 saturated carbocycles. The van der Waals surface area contributed by atoms with Crippen LogP contribution in [0, 0.1) is 5.92 Å². The largest absolute Gasteiger partial charge is 0.463 e. The molecule has 1 unspecified atom stereocenters. The zero-order valence-electron chi connectivity index (χ0n) is 10.1. The van der Waals surface area contributed by atoms with Crippen LogP contribution in [0.1, 0.15) is 27.7 Å². The minimum Gasteiger partial charge on any atom is -0.463 e. The zero-order valence-corrected chi connectivity index (χ0v) is 10.1. The molecule has 0 aromatic rings. The number of rotatable bonds is 2. The van der Waals surface area contributed by atoms with Crippen molar-refractivity contribution in [3.8, 4) is 0 Å². The second kappa shape index (κ2) is 3.98. The van der Waals surface area contributed by atoms with Crippen LogP contribution in [-0.4, -0.2) is 36.9 Å². The summed E-state index contributed by atoms with van der Waals surface area (Å²) in [6.45, 7) is 7.39. The lowest BCUT2D eigenvalue weighted by Crippen LogP contribution is -2.31.